The van der Waals surface area contributed by atoms with Crippen LogP contribution in [0, 0.1) is 5.92 Å². The Kier molecular flexibility index (Phi) is 4.94. The fourth-order valence-corrected chi connectivity index (χ4v) is 1.53. The van der Waals surface area contributed by atoms with Gasteiger partial charge in [-0.3, -0.25) is 4.79 Å². The van der Waals surface area contributed by atoms with Gasteiger partial charge in [0, 0.05) is 6.04 Å². The molecule has 1 fully saturated rings. The number of hydrogen-bond donors (Lipinski definition) is 2. The normalized spacial score (nSPS) is 17.9. The molecule has 0 aliphatic heterocycles. The fourth-order valence-electron chi connectivity index (χ4n) is 1.53. The highest BCUT2D eigenvalue weighted by atomic mass is 16.2. The Morgan fingerprint density at radius 3 is 2.79 bits per heavy atom. The molecule has 1 unspecified atom stereocenters. The molecule has 14 heavy (non-hydrogen) atoms. The van der Waals surface area contributed by atoms with Crippen molar-refractivity contribution >= 4 is 5.91 Å². The highest BCUT2D eigenvalue weighted by molar-refractivity contribution is 5.78. The van der Waals surface area contributed by atoms with Crippen LogP contribution in [0.3, 0.4) is 0 Å². The van der Waals surface area contributed by atoms with E-state index in [1.807, 2.05) is 0 Å². The zero-order valence-electron chi connectivity index (χ0n) is 9.31. The van der Waals surface area contributed by atoms with E-state index in [9.17, 15) is 4.79 Å². The lowest BCUT2D eigenvalue weighted by molar-refractivity contribution is -0.120. The minimum Gasteiger partial charge on any atom is -0.352 e. The summed E-state index contributed by atoms with van der Waals surface area (Å²) in [6.07, 6.45) is 4.78. The number of carbonyl (C=O) groups excluding carboxylic acids is 1. The van der Waals surface area contributed by atoms with Gasteiger partial charge in [0.1, 0.15) is 0 Å². The van der Waals surface area contributed by atoms with Crippen LogP contribution in [0.15, 0.2) is 0 Å². The van der Waals surface area contributed by atoms with Crippen molar-refractivity contribution in [1.82, 2.24) is 10.6 Å². The van der Waals surface area contributed by atoms with Crippen molar-refractivity contribution in [1.29, 1.82) is 0 Å². The molecule has 0 aromatic carbocycles. The fraction of sp³-hybridized carbons (Fsp3) is 0.909. The van der Waals surface area contributed by atoms with Crippen LogP contribution in [0.4, 0.5) is 0 Å². The first-order chi connectivity index (χ1) is 6.72. The van der Waals surface area contributed by atoms with E-state index in [1.165, 1.54) is 12.8 Å². The summed E-state index contributed by atoms with van der Waals surface area (Å²) in [4.78, 5) is 11.3. The third-order valence-corrected chi connectivity index (χ3v) is 2.50. The molecule has 3 nitrogen and oxygen atoms in total. The summed E-state index contributed by atoms with van der Waals surface area (Å²) >= 11 is 0. The average molecular weight is 198 g/mol. The average Bonchev–Trinajstić information content (AvgIpc) is 2.88. The lowest BCUT2D eigenvalue weighted by Gasteiger charge is -2.11. The Morgan fingerprint density at radius 1 is 1.50 bits per heavy atom. The second-order valence-electron chi connectivity index (χ2n) is 4.37. The first-order valence-corrected chi connectivity index (χ1v) is 5.72. The van der Waals surface area contributed by atoms with Crippen LogP contribution in [-0.4, -0.2) is 25.0 Å². The van der Waals surface area contributed by atoms with Crippen molar-refractivity contribution in [3.63, 3.8) is 0 Å². The first-order valence-electron chi connectivity index (χ1n) is 5.72. The van der Waals surface area contributed by atoms with Crippen molar-refractivity contribution in [2.75, 3.05) is 13.1 Å². The van der Waals surface area contributed by atoms with Crippen LogP contribution in [0.1, 0.15) is 39.5 Å². The van der Waals surface area contributed by atoms with E-state index in [-0.39, 0.29) is 5.91 Å². The molecular weight excluding hydrogens is 176 g/mol. The molecule has 3 heteroatoms. The van der Waals surface area contributed by atoms with Crippen molar-refractivity contribution in [3.05, 3.63) is 0 Å². The Bertz CT molecular complexity index is 178. The first kappa shape index (κ1) is 11.5. The summed E-state index contributed by atoms with van der Waals surface area (Å²) in [5.74, 6) is 0.824. The molecule has 1 rings (SSSR count). The van der Waals surface area contributed by atoms with Crippen LogP contribution >= 0.6 is 0 Å². The standard InChI is InChI=1S/C11H22N2O/c1-3-4-9(2)7-12-8-11(14)13-10-5-6-10/h9-10,12H,3-8H2,1-2H3,(H,13,14). The molecule has 0 saturated heterocycles. The molecule has 0 bridgehead atoms. The Labute approximate surface area is 86.6 Å². The van der Waals surface area contributed by atoms with Gasteiger partial charge in [0.05, 0.1) is 6.54 Å². The summed E-state index contributed by atoms with van der Waals surface area (Å²) in [6.45, 7) is 5.84. The van der Waals surface area contributed by atoms with E-state index < -0.39 is 0 Å². The van der Waals surface area contributed by atoms with Crippen molar-refractivity contribution in [3.8, 4) is 0 Å². The van der Waals surface area contributed by atoms with Crippen LogP contribution in [0.5, 0.6) is 0 Å². The molecule has 1 aliphatic rings. The van der Waals surface area contributed by atoms with Crippen LogP contribution < -0.4 is 10.6 Å². The van der Waals surface area contributed by atoms with E-state index >= 15 is 0 Å². The van der Waals surface area contributed by atoms with Crippen LogP contribution in [-0.2, 0) is 4.79 Å². The van der Waals surface area contributed by atoms with Crippen molar-refractivity contribution in [2.24, 2.45) is 5.92 Å². The molecule has 82 valence electrons. The topological polar surface area (TPSA) is 41.1 Å². The van der Waals surface area contributed by atoms with E-state index in [0.717, 1.165) is 19.4 Å². The molecule has 0 aromatic heterocycles. The molecule has 1 atom stereocenters. The molecule has 0 radical (unpaired) electrons. The number of rotatable bonds is 7. The van der Waals surface area contributed by atoms with Crippen molar-refractivity contribution in [2.45, 2.75) is 45.6 Å². The Balaban J connectivity index is 1.93. The maximum atomic E-state index is 11.3. The summed E-state index contributed by atoms with van der Waals surface area (Å²) in [6, 6.07) is 0.484. The van der Waals surface area contributed by atoms with Crippen molar-refractivity contribution < 1.29 is 4.79 Å². The second kappa shape index (κ2) is 6.02. The summed E-state index contributed by atoms with van der Waals surface area (Å²) in [5, 5.41) is 6.15. The lowest BCUT2D eigenvalue weighted by Crippen LogP contribution is -2.36. The summed E-state index contributed by atoms with van der Waals surface area (Å²) in [5.41, 5.74) is 0. The highest BCUT2D eigenvalue weighted by Crippen LogP contribution is 2.18. The maximum Gasteiger partial charge on any atom is 0.234 e. The van der Waals surface area contributed by atoms with Crippen LogP contribution in [0.25, 0.3) is 0 Å². The van der Waals surface area contributed by atoms with Gasteiger partial charge in [-0.05, 0) is 31.7 Å². The predicted molar refractivity (Wildman–Crippen MR) is 58.1 cm³/mol. The zero-order valence-corrected chi connectivity index (χ0v) is 9.31. The SMILES string of the molecule is CCCC(C)CNCC(=O)NC1CC1. The molecule has 2 N–H and O–H groups in total. The summed E-state index contributed by atoms with van der Waals surface area (Å²) in [7, 11) is 0. The number of carbonyl (C=O) groups is 1. The monoisotopic (exact) mass is 198 g/mol. The third kappa shape index (κ3) is 5.22. The number of nitrogens with one attached hydrogen (secondary N) is 2. The van der Waals surface area contributed by atoms with Gasteiger partial charge >= 0.3 is 0 Å². The minimum absolute atomic E-state index is 0.149. The van der Waals surface area contributed by atoms with E-state index in [2.05, 4.69) is 24.5 Å². The van der Waals surface area contributed by atoms with Crippen LogP contribution in [0.2, 0.25) is 0 Å². The van der Waals surface area contributed by atoms with Gasteiger partial charge < -0.3 is 10.6 Å². The second-order valence-corrected chi connectivity index (χ2v) is 4.37. The molecule has 1 aliphatic carbocycles. The van der Waals surface area contributed by atoms with Gasteiger partial charge in [0.25, 0.3) is 0 Å². The molecule has 0 heterocycles. The van der Waals surface area contributed by atoms with Gasteiger partial charge in [-0.1, -0.05) is 20.3 Å². The number of hydrogen-bond acceptors (Lipinski definition) is 2. The van der Waals surface area contributed by atoms with Gasteiger partial charge in [-0.25, -0.2) is 0 Å². The predicted octanol–water partition coefficient (Wildman–Crippen LogP) is 1.29. The molecule has 1 amide bonds. The lowest BCUT2D eigenvalue weighted by atomic mass is 10.1. The minimum atomic E-state index is 0.149. The van der Waals surface area contributed by atoms with E-state index in [0.29, 0.717) is 18.5 Å². The van der Waals surface area contributed by atoms with Gasteiger partial charge in [-0.2, -0.15) is 0 Å². The zero-order chi connectivity index (χ0) is 10.4. The Hall–Kier alpha value is -0.570. The molecule has 0 spiro atoms. The van der Waals surface area contributed by atoms with E-state index in [4.69, 9.17) is 0 Å². The van der Waals surface area contributed by atoms with Gasteiger partial charge in [-0.15, -0.1) is 0 Å². The maximum absolute atomic E-state index is 11.3. The molecular formula is C11H22N2O. The third-order valence-electron chi connectivity index (χ3n) is 2.50. The molecule has 1 saturated carbocycles. The Morgan fingerprint density at radius 2 is 2.21 bits per heavy atom. The summed E-state index contributed by atoms with van der Waals surface area (Å²) < 4.78 is 0. The smallest absolute Gasteiger partial charge is 0.234 e. The quantitative estimate of drug-likeness (QED) is 0.647. The van der Waals surface area contributed by atoms with E-state index in [1.54, 1.807) is 0 Å². The largest absolute Gasteiger partial charge is 0.352 e. The number of amides is 1. The molecule has 0 aromatic rings. The van der Waals surface area contributed by atoms with Gasteiger partial charge in [0.2, 0.25) is 5.91 Å². The van der Waals surface area contributed by atoms with Gasteiger partial charge in [0.15, 0.2) is 0 Å². The highest BCUT2D eigenvalue weighted by Gasteiger charge is 2.22.